The monoisotopic (exact) mass is 257 g/mol. The van der Waals surface area contributed by atoms with Gasteiger partial charge in [0.2, 0.25) is 0 Å². The van der Waals surface area contributed by atoms with Crippen LogP contribution in [-0.2, 0) is 13.2 Å². The average molecular weight is 257 g/mol. The van der Waals surface area contributed by atoms with Crippen LogP contribution in [0.2, 0.25) is 0 Å². The molecule has 1 heterocycles. The van der Waals surface area contributed by atoms with E-state index in [9.17, 15) is 18.3 Å². The molecule has 0 saturated carbocycles. The van der Waals surface area contributed by atoms with Crippen molar-refractivity contribution >= 4 is 5.82 Å². The molecule has 3 N–H and O–H groups in total. The highest BCUT2D eigenvalue weighted by Gasteiger charge is 2.35. The molecule has 0 unspecified atom stereocenters. The second kappa shape index (κ2) is 3.94. The Morgan fingerprint density at radius 2 is 2.00 bits per heavy atom. The topological polar surface area (TPSA) is 64.1 Å². The number of anilines is 1. The van der Waals surface area contributed by atoms with E-state index in [1.807, 2.05) is 0 Å². The molecule has 0 atom stereocenters. The van der Waals surface area contributed by atoms with Crippen LogP contribution in [0.3, 0.4) is 0 Å². The third-order valence-corrected chi connectivity index (χ3v) is 2.52. The zero-order chi connectivity index (χ0) is 13.5. The molecule has 0 saturated heterocycles. The number of nitrogen functional groups attached to an aromatic ring is 1. The zero-order valence-corrected chi connectivity index (χ0v) is 9.36. The summed E-state index contributed by atoms with van der Waals surface area (Å²) in [5, 5.41) is 13.5. The van der Waals surface area contributed by atoms with E-state index in [4.69, 9.17) is 5.73 Å². The van der Waals surface area contributed by atoms with Gasteiger partial charge in [-0.25, -0.2) is 0 Å². The Morgan fingerprint density at radius 3 is 2.50 bits per heavy atom. The normalized spacial score (nSPS) is 11.8. The Morgan fingerprint density at radius 1 is 1.33 bits per heavy atom. The van der Waals surface area contributed by atoms with Crippen molar-refractivity contribution in [1.29, 1.82) is 0 Å². The van der Waals surface area contributed by atoms with E-state index in [1.54, 1.807) is 0 Å². The number of alkyl halides is 3. The Kier molecular flexibility index (Phi) is 2.68. The van der Waals surface area contributed by atoms with Crippen molar-refractivity contribution in [1.82, 2.24) is 9.78 Å². The SMILES string of the molecule is Cn1nc(-c2c(O)cccc2C(F)(F)F)cc1N. The lowest BCUT2D eigenvalue weighted by molar-refractivity contribution is -0.137. The summed E-state index contributed by atoms with van der Waals surface area (Å²) in [5.74, 6) is -0.274. The lowest BCUT2D eigenvalue weighted by Crippen LogP contribution is -2.07. The molecule has 1 aromatic carbocycles. The highest BCUT2D eigenvalue weighted by molar-refractivity contribution is 5.73. The molecule has 0 bridgehead atoms. The van der Waals surface area contributed by atoms with Gasteiger partial charge in [0.25, 0.3) is 0 Å². The number of aromatic nitrogens is 2. The summed E-state index contributed by atoms with van der Waals surface area (Å²) in [4.78, 5) is 0. The first-order chi connectivity index (χ1) is 8.30. The minimum Gasteiger partial charge on any atom is -0.507 e. The quantitative estimate of drug-likeness (QED) is 0.824. The van der Waals surface area contributed by atoms with Gasteiger partial charge in [0.15, 0.2) is 0 Å². The highest BCUT2D eigenvalue weighted by atomic mass is 19.4. The lowest BCUT2D eigenvalue weighted by Gasteiger charge is -2.12. The van der Waals surface area contributed by atoms with Gasteiger partial charge in [-0.2, -0.15) is 18.3 Å². The van der Waals surface area contributed by atoms with Crippen LogP contribution in [0.4, 0.5) is 19.0 Å². The number of hydrogen-bond donors (Lipinski definition) is 2. The predicted molar refractivity (Wildman–Crippen MR) is 59.7 cm³/mol. The minimum absolute atomic E-state index is 0.0135. The number of rotatable bonds is 1. The number of nitrogens with zero attached hydrogens (tertiary/aromatic N) is 2. The standard InChI is InChI=1S/C11H10F3N3O/c1-17-9(15)5-7(16-17)10-6(11(12,13)14)3-2-4-8(10)18/h2-5,18H,15H2,1H3. The number of hydrogen-bond acceptors (Lipinski definition) is 3. The molecule has 96 valence electrons. The summed E-state index contributed by atoms with van der Waals surface area (Å²) < 4.78 is 39.8. The maximum atomic E-state index is 12.8. The summed E-state index contributed by atoms with van der Waals surface area (Å²) in [6.45, 7) is 0. The third kappa shape index (κ3) is 1.99. The number of phenols is 1. The van der Waals surface area contributed by atoms with Crippen LogP contribution in [0.25, 0.3) is 11.3 Å². The number of halogens is 3. The van der Waals surface area contributed by atoms with Crippen molar-refractivity contribution < 1.29 is 18.3 Å². The first-order valence-electron chi connectivity index (χ1n) is 5.00. The Balaban J connectivity index is 2.70. The molecular weight excluding hydrogens is 247 g/mol. The van der Waals surface area contributed by atoms with Crippen LogP contribution in [-0.4, -0.2) is 14.9 Å². The van der Waals surface area contributed by atoms with E-state index >= 15 is 0 Å². The van der Waals surface area contributed by atoms with E-state index in [2.05, 4.69) is 5.10 Å². The van der Waals surface area contributed by atoms with E-state index in [1.165, 1.54) is 23.9 Å². The Labute approximate surface area is 100 Å². The fourth-order valence-electron chi connectivity index (χ4n) is 1.65. The molecule has 18 heavy (non-hydrogen) atoms. The highest BCUT2D eigenvalue weighted by Crippen LogP contribution is 2.41. The summed E-state index contributed by atoms with van der Waals surface area (Å²) in [5.41, 5.74) is 4.20. The maximum Gasteiger partial charge on any atom is 0.417 e. The van der Waals surface area contributed by atoms with Crippen LogP contribution in [0.5, 0.6) is 5.75 Å². The molecule has 0 spiro atoms. The number of aromatic hydroxyl groups is 1. The summed E-state index contributed by atoms with van der Waals surface area (Å²) in [7, 11) is 1.51. The van der Waals surface area contributed by atoms with Gasteiger partial charge < -0.3 is 10.8 Å². The van der Waals surface area contributed by atoms with Gasteiger partial charge in [-0.3, -0.25) is 4.68 Å². The number of benzene rings is 1. The van der Waals surface area contributed by atoms with Gasteiger partial charge in [-0.05, 0) is 12.1 Å². The molecule has 0 aliphatic heterocycles. The maximum absolute atomic E-state index is 12.8. The van der Waals surface area contributed by atoms with E-state index in [0.29, 0.717) is 0 Å². The summed E-state index contributed by atoms with van der Waals surface area (Å²) in [6, 6.07) is 4.48. The molecule has 4 nitrogen and oxygen atoms in total. The third-order valence-electron chi connectivity index (χ3n) is 2.52. The van der Waals surface area contributed by atoms with Crippen molar-refractivity contribution in [2.45, 2.75) is 6.18 Å². The molecule has 0 aliphatic carbocycles. The first kappa shape index (κ1) is 12.3. The van der Waals surface area contributed by atoms with Gasteiger partial charge in [0.05, 0.1) is 16.8 Å². The van der Waals surface area contributed by atoms with E-state index < -0.39 is 17.5 Å². The van der Waals surface area contributed by atoms with Gasteiger partial charge in [0.1, 0.15) is 11.6 Å². The van der Waals surface area contributed by atoms with Crippen molar-refractivity contribution in [3.05, 3.63) is 29.8 Å². The fraction of sp³-hybridized carbons (Fsp3) is 0.182. The largest absolute Gasteiger partial charge is 0.507 e. The molecule has 2 rings (SSSR count). The van der Waals surface area contributed by atoms with Gasteiger partial charge in [0, 0.05) is 13.1 Å². The van der Waals surface area contributed by atoms with Crippen molar-refractivity contribution in [2.75, 3.05) is 5.73 Å². The van der Waals surface area contributed by atoms with E-state index in [0.717, 1.165) is 12.1 Å². The second-order valence-electron chi connectivity index (χ2n) is 3.78. The van der Waals surface area contributed by atoms with Crippen molar-refractivity contribution in [2.24, 2.45) is 7.05 Å². The fourth-order valence-corrected chi connectivity index (χ4v) is 1.65. The number of nitrogens with two attached hydrogens (primary N) is 1. The average Bonchev–Trinajstić information content (AvgIpc) is 2.57. The molecule has 0 aliphatic rings. The number of aryl methyl sites for hydroxylation is 1. The predicted octanol–water partition coefficient (Wildman–Crippen LogP) is 2.39. The van der Waals surface area contributed by atoms with Crippen LogP contribution in [0.1, 0.15) is 5.56 Å². The molecule has 2 aromatic rings. The smallest absolute Gasteiger partial charge is 0.417 e. The zero-order valence-electron chi connectivity index (χ0n) is 9.36. The van der Waals surface area contributed by atoms with Crippen LogP contribution < -0.4 is 5.73 Å². The minimum atomic E-state index is -4.57. The molecule has 1 aromatic heterocycles. The van der Waals surface area contributed by atoms with Crippen LogP contribution in [0.15, 0.2) is 24.3 Å². The Bertz CT molecular complexity index is 570. The van der Waals surface area contributed by atoms with Crippen LogP contribution >= 0.6 is 0 Å². The molecule has 0 fully saturated rings. The molecular formula is C11H10F3N3O. The van der Waals surface area contributed by atoms with Crippen molar-refractivity contribution in [3.8, 4) is 17.0 Å². The molecule has 7 heteroatoms. The number of phenolic OH excluding ortho intramolecular Hbond substituents is 1. The Hall–Kier alpha value is -2.18. The molecule has 0 amide bonds. The van der Waals surface area contributed by atoms with Gasteiger partial charge in [-0.1, -0.05) is 6.07 Å². The summed E-state index contributed by atoms with van der Waals surface area (Å²) in [6.07, 6.45) is -4.57. The summed E-state index contributed by atoms with van der Waals surface area (Å²) >= 11 is 0. The van der Waals surface area contributed by atoms with E-state index in [-0.39, 0.29) is 17.1 Å². The van der Waals surface area contributed by atoms with Crippen molar-refractivity contribution in [3.63, 3.8) is 0 Å². The van der Waals surface area contributed by atoms with Crippen LogP contribution in [0, 0.1) is 0 Å². The molecule has 0 radical (unpaired) electrons. The van der Waals surface area contributed by atoms with Gasteiger partial charge >= 0.3 is 6.18 Å². The van der Waals surface area contributed by atoms with Gasteiger partial charge in [-0.15, -0.1) is 0 Å². The second-order valence-corrected chi connectivity index (χ2v) is 3.78. The lowest BCUT2D eigenvalue weighted by atomic mass is 10.0. The first-order valence-corrected chi connectivity index (χ1v) is 5.00.